The van der Waals surface area contributed by atoms with Gasteiger partial charge in [-0.1, -0.05) is 0 Å². The zero-order chi connectivity index (χ0) is 5.70. The SMILES string of the molecule is C[C@@H](O)CCPP. The Morgan fingerprint density at radius 1 is 1.86 bits per heavy atom. The molecule has 2 unspecified atom stereocenters. The van der Waals surface area contributed by atoms with Gasteiger partial charge in [-0.15, -0.1) is 17.2 Å². The minimum absolute atomic E-state index is 0.104. The normalized spacial score (nSPS) is 15.9. The van der Waals surface area contributed by atoms with Gasteiger partial charge in [-0.25, -0.2) is 0 Å². The summed E-state index contributed by atoms with van der Waals surface area (Å²) in [5.74, 6) is 0. The molecular weight excluding hydrogens is 126 g/mol. The van der Waals surface area contributed by atoms with Crippen molar-refractivity contribution in [3.63, 3.8) is 0 Å². The molecule has 0 aliphatic rings. The quantitative estimate of drug-likeness (QED) is 0.581. The minimum Gasteiger partial charge on any atom is -0.393 e. The summed E-state index contributed by atoms with van der Waals surface area (Å²) in [7, 11) is 3.57. The second-order valence-electron chi connectivity index (χ2n) is 1.59. The molecule has 3 atom stereocenters. The number of hydrogen-bond donors (Lipinski definition) is 1. The van der Waals surface area contributed by atoms with Crippen LogP contribution in [0.1, 0.15) is 13.3 Å². The van der Waals surface area contributed by atoms with Gasteiger partial charge in [-0.2, -0.15) is 0 Å². The van der Waals surface area contributed by atoms with Gasteiger partial charge in [0.1, 0.15) is 0 Å². The molecule has 0 radical (unpaired) electrons. The van der Waals surface area contributed by atoms with Crippen molar-refractivity contribution >= 4 is 17.2 Å². The first-order valence-electron chi connectivity index (χ1n) is 2.39. The third kappa shape index (κ3) is 6.82. The summed E-state index contributed by atoms with van der Waals surface area (Å²) in [6.45, 7) is 1.82. The molecule has 44 valence electrons. The third-order valence-corrected chi connectivity index (χ3v) is 2.15. The first-order chi connectivity index (χ1) is 3.27. The predicted molar refractivity (Wildman–Crippen MR) is 39.2 cm³/mol. The molecule has 0 fully saturated rings. The topological polar surface area (TPSA) is 20.2 Å². The van der Waals surface area contributed by atoms with Crippen molar-refractivity contribution in [2.45, 2.75) is 19.4 Å². The highest BCUT2D eigenvalue weighted by molar-refractivity contribution is 8.02. The molecule has 0 aromatic carbocycles. The maximum atomic E-state index is 8.68. The lowest BCUT2D eigenvalue weighted by Gasteiger charge is -1.98. The molecule has 0 bridgehead atoms. The predicted octanol–water partition coefficient (Wildman–Crippen LogP) is 1.23. The summed E-state index contributed by atoms with van der Waals surface area (Å²) in [5, 5.41) is 8.68. The van der Waals surface area contributed by atoms with Crippen LogP contribution < -0.4 is 0 Å². The van der Waals surface area contributed by atoms with Gasteiger partial charge < -0.3 is 5.11 Å². The van der Waals surface area contributed by atoms with Gasteiger partial charge in [0.05, 0.1) is 6.10 Å². The molecule has 1 nitrogen and oxygen atoms in total. The monoisotopic (exact) mass is 138 g/mol. The van der Waals surface area contributed by atoms with Crippen LogP contribution in [0.25, 0.3) is 0 Å². The molecule has 0 heterocycles. The molecule has 0 rings (SSSR count). The number of rotatable bonds is 3. The van der Waals surface area contributed by atoms with Crippen molar-refractivity contribution in [2.24, 2.45) is 0 Å². The highest BCUT2D eigenvalue weighted by Gasteiger charge is 1.90. The zero-order valence-electron chi connectivity index (χ0n) is 4.52. The zero-order valence-corrected chi connectivity index (χ0v) is 6.67. The first-order valence-corrected chi connectivity index (χ1v) is 5.40. The summed E-state index contributed by atoms with van der Waals surface area (Å²) in [6.07, 6.45) is 1.98. The number of hydrogen-bond acceptors (Lipinski definition) is 1. The van der Waals surface area contributed by atoms with Crippen LogP contribution in [0, 0.1) is 0 Å². The molecule has 0 spiro atoms. The van der Waals surface area contributed by atoms with E-state index in [1.165, 1.54) is 0 Å². The summed E-state index contributed by atoms with van der Waals surface area (Å²) >= 11 is 0. The highest BCUT2D eigenvalue weighted by atomic mass is 32.0. The molecule has 0 aromatic rings. The molecular formula is C4H12OP2. The fraction of sp³-hybridized carbons (Fsp3) is 1.00. The molecule has 0 aromatic heterocycles. The lowest BCUT2D eigenvalue weighted by Crippen LogP contribution is -1.98. The molecule has 1 N–H and O–H groups in total. The maximum absolute atomic E-state index is 8.68. The fourth-order valence-corrected chi connectivity index (χ4v) is 1.38. The van der Waals surface area contributed by atoms with Gasteiger partial charge in [0.2, 0.25) is 0 Å². The van der Waals surface area contributed by atoms with Crippen LogP contribution in [-0.4, -0.2) is 17.4 Å². The molecule has 3 heteroatoms. The smallest absolute Gasteiger partial charge is 0.0515 e. The lowest BCUT2D eigenvalue weighted by molar-refractivity contribution is 0.192. The van der Waals surface area contributed by atoms with E-state index in [1.54, 1.807) is 0 Å². The Balaban J connectivity index is 2.68. The Hall–Kier alpha value is 0.820. The number of aliphatic hydroxyl groups excluding tert-OH is 1. The van der Waals surface area contributed by atoms with Crippen LogP contribution in [-0.2, 0) is 0 Å². The summed E-state index contributed by atoms with van der Waals surface area (Å²) in [5.41, 5.74) is 0. The van der Waals surface area contributed by atoms with E-state index in [0.29, 0.717) is 0 Å². The average molecular weight is 138 g/mol. The number of aliphatic hydroxyl groups is 1. The Bertz CT molecular complexity index is 38.7. The first kappa shape index (κ1) is 7.82. The molecule has 0 aliphatic carbocycles. The van der Waals surface area contributed by atoms with Crippen LogP contribution in [0.3, 0.4) is 0 Å². The van der Waals surface area contributed by atoms with Gasteiger partial charge in [0.15, 0.2) is 0 Å². The average Bonchev–Trinajstić information content (AvgIpc) is 1.61. The van der Waals surface area contributed by atoms with E-state index in [9.17, 15) is 0 Å². The molecule has 7 heavy (non-hydrogen) atoms. The Labute approximate surface area is 48.8 Å². The summed E-state index contributed by atoms with van der Waals surface area (Å²) < 4.78 is 0. The van der Waals surface area contributed by atoms with E-state index in [1.807, 2.05) is 6.92 Å². The van der Waals surface area contributed by atoms with E-state index < -0.39 is 0 Å². The van der Waals surface area contributed by atoms with Crippen molar-refractivity contribution in [3.05, 3.63) is 0 Å². The van der Waals surface area contributed by atoms with Crippen LogP contribution in [0.2, 0.25) is 0 Å². The second-order valence-corrected chi connectivity index (χ2v) is 3.72. The van der Waals surface area contributed by atoms with Crippen LogP contribution in [0.15, 0.2) is 0 Å². The standard InChI is InChI=1S/C4H12OP2/c1-4(5)2-3-7-6/h4-5,7H,2-3,6H2,1H3/t4-/m1/s1. The van der Waals surface area contributed by atoms with E-state index in [2.05, 4.69) is 8.93 Å². The van der Waals surface area contributed by atoms with Gasteiger partial charge in [-0.3, -0.25) is 0 Å². The van der Waals surface area contributed by atoms with Gasteiger partial charge in [-0.05, 0) is 19.5 Å². The largest absolute Gasteiger partial charge is 0.393 e. The van der Waals surface area contributed by atoms with E-state index in [4.69, 9.17) is 5.11 Å². The van der Waals surface area contributed by atoms with Crippen molar-refractivity contribution in [3.8, 4) is 0 Å². The van der Waals surface area contributed by atoms with Crippen LogP contribution in [0.4, 0.5) is 0 Å². The van der Waals surface area contributed by atoms with Crippen LogP contribution in [0.5, 0.6) is 0 Å². The molecule has 0 saturated carbocycles. The van der Waals surface area contributed by atoms with Crippen molar-refractivity contribution in [2.75, 3.05) is 6.16 Å². The van der Waals surface area contributed by atoms with Crippen molar-refractivity contribution in [1.29, 1.82) is 0 Å². The van der Waals surface area contributed by atoms with E-state index in [0.717, 1.165) is 20.9 Å². The molecule has 0 saturated heterocycles. The third-order valence-electron chi connectivity index (χ3n) is 0.706. The lowest BCUT2D eigenvalue weighted by atomic mass is 10.3. The fourth-order valence-electron chi connectivity index (χ4n) is 0.292. The second kappa shape index (κ2) is 4.97. The van der Waals surface area contributed by atoms with Gasteiger partial charge >= 0.3 is 0 Å². The minimum atomic E-state index is -0.104. The Morgan fingerprint density at radius 2 is 2.43 bits per heavy atom. The Kier molecular flexibility index (Phi) is 5.55. The summed E-state index contributed by atoms with van der Waals surface area (Å²) in [4.78, 5) is 0. The van der Waals surface area contributed by atoms with Gasteiger partial charge in [0.25, 0.3) is 0 Å². The van der Waals surface area contributed by atoms with Crippen LogP contribution >= 0.6 is 17.2 Å². The van der Waals surface area contributed by atoms with E-state index in [-0.39, 0.29) is 6.10 Å². The Morgan fingerprint density at radius 3 is 2.57 bits per heavy atom. The maximum Gasteiger partial charge on any atom is 0.0515 e. The molecule has 0 aliphatic heterocycles. The molecule has 0 amide bonds. The highest BCUT2D eigenvalue weighted by Crippen LogP contribution is 2.20. The van der Waals surface area contributed by atoms with E-state index >= 15 is 0 Å². The van der Waals surface area contributed by atoms with Crippen molar-refractivity contribution in [1.82, 2.24) is 0 Å². The van der Waals surface area contributed by atoms with Crippen molar-refractivity contribution < 1.29 is 5.11 Å². The van der Waals surface area contributed by atoms with Gasteiger partial charge in [0, 0.05) is 0 Å². The summed E-state index contributed by atoms with van der Waals surface area (Å²) in [6, 6.07) is 0.